The summed E-state index contributed by atoms with van der Waals surface area (Å²) in [4.78, 5) is 0. The van der Waals surface area contributed by atoms with Crippen molar-refractivity contribution in [2.24, 2.45) is 0 Å². The minimum atomic E-state index is -4.71. The fourth-order valence-electron chi connectivity index (χ4n) is 0.567. The first kappa shape index (κ1) is 11.3. The van der Waals surface area contributed by atoms with Gasteiger partial charge in [-0.1, -0.05) is 13.2 Å². The van der Waals surface area contributed by atoms with E-state index in [1.54, 1.807) is 0 Å². The molecule has 0 aromatic rings. The molecule has 0 aromatic heterocycles. The van der Waals surface area contributed by atoms with Gasteiger partial charge in [0.25, 0.3) is 0 Å². The van der Waals surface area contributed by atoms with Crippen molar-refractivity contribution in [3.63, 3.8) is 0 Å². The fraction of sp³-hybridized carbons (Fsp3) is 0.125. The normalized spacial score (nSPS) is 12.0. The molecule has 0 fully saturated rings. The standard InChI is InChI=1S/C8H6F3NO/c1-5(4-12)7(3-6(2)13)8(9,10)11/h3,13H,1-2H2/b7-3+. The fourth-order valence-corrected chi connectivity index (χ4v) is 0.567. The van der Waals surface area contributed by atoms with E-state index < -0.39 is 23.1 Å². The monoisotopic (exact) mass is 189 g/mol. The van der Waals surface area contributed by atoms with Crippen LogP contribution < -0.4 is 0 Å². The molecule has 0 aliphatic carbocycles. The summed E-state index contributed by atoms with van der Waals surface area (Å²) >= 11 is 0. The summed E-state index contributed by atoms with van der Waals surface area (Å²) in [6.07, 6.45) is -4.36. The topological polar surface area (TPSA) is 44.0 Å². The van der Waals surface area contributed by atoms with Crippen LogP contribution >= 0.6 is 0 Å². The van der Waals surface area contributed by atoms with Crippen LogP contribution in [0.4, 0.5) is 13.2 Å². The highest BCUT2D eigenvalue weighted by molar-refractivity contribution is 5.44. The van der Waals surface area contributed by atoms with E-state index in [1.807, 2.05) is 0 Å². The summed E-state index contributed by atoms with van der Waals surface area (Å²) in [5.41, 5.74) is -2.05. The average Bonchev–Trinajstić information content (AvgIpc) is 1.96. The number of nitriles is 1. The lowest BCUT2D eigenvalue weighted by Gasteiger charge is -2.08. The Hall–Kier alpha value is -1.70. The third kappa shape index (κ3) is 3.47. The lowest BCUT2D eigenvalue weighted by molar-refractivity contribution is -0.0890. The number of hydrogen-bond acceptors (Lipinski definition) is 2. The van der Waals surface area contributed by atoms with Crippen LogP contribution in [0.15, 0.2) is 36.1 Å². The van der Waals surface area contributed by atoms with Gasteiger partial charge in [0.2, 0.25) is 0 Å². The molecule has 13 heavy (non-hydrogen) atoms. The van der Waals surface area contributed by atoms with Crippen molar-refractivity contribution in [1.29, 1.82) is 5.26 Å². The van der Waals surface area contributed by atoms with Gasteiger partial charge in [0.05, 0.1) is 17.2 Å². The van der Waals surface area contributed by atoms with Gasteiger partial charge >= 0.3 is 6.18 Å². The molecular weight excluding hydrogens is 183 g/mol. The third-order valence-corrected chi connectivity index (χ3v) is 1.08. The van der Waals surface area contributed by atoms with Gasteiger partial charge in [-0.2, -0.15) is 18.4 Å². The van der Waals surface area contributed by atoms with Crippen LogP contribution in [0.2, 0.25) is 0 Å². The molecule has 2 nitrogen and oxygen atoms in total. The molecule has 70 valence electrons. The van der Waals surface area contributed by atoms with Gasteiger partial charge in [-0.3, -0.25) is 0 Å². The predicted molar refractivity (Wildman–Crippen MR) is 40.7 cm³/mol. The minimum absolute atomic E-state index is 0.353. The Morgan fingerprint density at radius 3 is 2.08 bits per heavy atom. The Morgan fingerprint density at radius 1 is 1.38 bits per heavy atom. The molecule has 5 heteroatoms. The van der Waals surface area contributed by atoms with Gasteiger partial charge in [0.1, 0.15) is 5.76 Å². The zero-order valence-electron chi connectivity index (χ0n) is 6.52. The van der Waals surface area contributed by atoms with Crippen molar-refractivity contribution in [2.45, 2.75) is 6.18 Å². The number of nitrogens with zero attached hydrogens (tertiary/aromatic N) is 1. The summed E-state index contributed by atoms with van der Waals surface area (Å²) in [5.74, 6) is -0.774. The van der Waals surface area contributed by atoms with Crippen LogP contribution in [0.3, 0.4) is 0 Å². The van der Waals surface area contributed by atoms with E-state index in [0.29, 0.717) is 6.08 Å². The first-order valence-electron chi connectivity index (χ1n) is 3.05. The molecule has 0 aliphatic rings. The zero-order valence-corrected chi connectivity index (χ0v) is 6.52. The van der Waals surface area contributed by atoms with Crippen molar-refractivity contribution in [1.82, 2.24) is 0 Å². The number of halogens is 3. The van der Waals surface area contributed by atoms with Gasteiger partial charge in [-0.15, -0.1) is 0 Å². The van der Waals surface area contributed by atoms with Crippen LogP contribution in [0, 0.1) is 11.3 Å². The van der Waals surface area contributed by atoms with Crippen LogP contribution in [-0.4, -0.2) is 11.3 Å². The second-order valence-electron chi connectivity index (χ2n) is 2.14. The molecule has 0 atom stereocenters. The molecule has 0 spiro atoms. The number of rotatable bonds is 2. The lowest BCUT2D eigenvalue weighted by Crippen LogP contribution is -2.13. The van der Waals surface area contributed by atoms with E-state index in [1.165, 1.54) is 6.07 Å². The van der Waals surface area contributed by atoms with Crippen molar-refractivity contribution in [3.05, 3.63) is 36.1 Å². The Balaban J connectivity index is 5.14. The average molecular weight is 189 g/mol. The number of hydrogen-bond donors (Lipinski definition) is 1. The maximum Gasteiger partial charge on any atom is 0.417 e. The highest BCUT2D eigenvalue weighted by Crippen LogP contribution is 2.30. The molecular formula is C8H6F3NO. The Kier molecular flexibility index (Phi) is 3.31. The van der Waals surface area contributed by atoms with Crippen LogP contribution in [0.1, 0.15) is 0 Å². The van der Waals surface area contributed by atoms with Gasteiger partial charge in [-0.25, -0.2) is 0 Å². The lowest BCUT2D eigenvalue weighted by atomic mass is 10.1. The Bertz CT molecular complexity index is 306. The van der Waals surface area contributed by atoms with Crippen molar-refractivity contribution >= 4 is 0 Å². The zero-order chi connectivity index (χ0) is 10.6. The quantitative estimate of drug-likeness (QED) is 0.412. The maximum absolute atomic E-state index is 12.1. The molecule has 0 amide bonds. The second kappa shape index (κ2) is 3.81. The number of aliphatic hydroxyl groups excluding tert-OH is 1. The van der Waals surface area contributed by atoms with E-state index in [4.69, 9.17) is 10.4 Å². The first-order valence-corrected chi connectivity index (χ1v) is 3.05. The first-order chi connectivity index (χ1) is 5.79. The van der Waals surface area contributed by atoms with Crippen molar-refractivity contribution in [3.8, 4) is 6.07 Å². The van der Waals surface area contributed by atoms with Crippen molar-refractivity contribution < 1.29 is 18.3 Å². The molecule has 0 saturated heterocycles. The molecule has 1 N–H and O–H groups in total. The second-order valence-corrected chi connectivity index (χ2v) is 2.14. The van der Waals surface area contributed by atoms with E-state index in [9.17, 15) is 13.2 Å². The largest absolute Gasteiger partial charge is 0.509 e. The molecule has 0 bridgehead atoms. The SMILES string of the molecule is C=C(O)/C=C(\C(=C)C#N)C(F)(F)F. The minimum Gasteiger partial charge on any atom is -0.509 e. The van der Waals surface area contributed by atoms with E-state index in [2.05, 4.69) is 13.2 Å². The molecule has 0 saturated carbocycles. The summed E-state index contributed by atoms with van der Waals surface area (Å²) in [6, 6.07) is 1.24. The number of aliphatic hydroxyl groups is 1. The number of allylic oxidation sites excluding steroid dienone is 3. The van der Waals surface area contributed by atoms with E-state index >= 15 is 0 Å². The maximum atomic E-state index is 12.1. The summed E-state index contributed by atoms with van der Waals surface area (Å²) in [5, 5.41) is 16.7. The van der Waals surface area contributed by atoms with Crippen molar-refractivity contribution in [2.75, 3.05) is 0 Å². The van der Waals surface area contributed by atoms with Gasteiger partial charge in [0.15, 0.2) is 0 Å². The highest BCUT2D eigenvalue weighted by atomic mass is 19.4. The smallest absolute Gasteiger partial charge is 0.417 e. The summed E-state index contributed by atoms with van der Waals surface area (Å²) < 4.78 is 36.3. The molecule has 0 heterocycles. The Labute approximate surface area is 72.9 Å². The third-order valence-electron chi connectivity index (χ3n) is 1.08. The molecule has 0 rings (SSSR count). The van der Waals surface area contributed by atoms with Crippen LogP contribution in [-0.2, 0) is 0 Å². The predicted octanol–water partition coefficient (Wildman–Crippen LogP) is 2.63. The van der Waals surface area contributed by atoms with Gasteiger partial charge < -0.3 is 5.11 Å². The molecule has 0 radical (unpaired) electrons. The summed E-state index contributed by atoms with van der Waals surface area (Å²) in [7, 11) is 0. The van der Waals surface area contributed by atoms with Crippen LogP contribution in [0.25, 0.3) is 0 Å². The molecule has 0 aliphatic heterocycles. The molecule has 0 aromatic carbocycles. The number of alkyl halides is 3. The van der Waals surface area contributed by atoms with Crippen LogP contribution in [0.5, 0.6) is 0 Å². The van der Waals surface area contributed by atoms with Gasteiger partial charge in [-0.05, 0) is 6.08 Å². The van der Waals surface area contributed by atoms with E-state index in [-0.39, 0.29) is 0 Å². The Morgan fingerprint density at radius 2 is 1.85 bits per heavy atom. The van der Waals surface area contributed by atoms with E-state index in [0.717, 1.165) is 0 Å². The summed E-state index contributed by atoms with van der Waals surface area (Å²) in [6.45, 7) is 5.75. The highest BCUT2D eigenvalue weighted by Gasteiger charge is 2.35. The van der Waals surface area contributed by atoms with Gasteiger partial charge in [0, 0.05) is 0 Å². The molecule has 0 unspecified atom stereocenters.